The van der Waals surface area contributed by atoms with Crippen molar-refractivity contribution in [3.63, 3.8) is 0 Å². The molecule has 2 unspecified atom stereocenters. The summed E-state index contributed by atoms with van der Waals surface area (Å²) in [6, 6.07) is 6.07. The molecular formula is C21H33N3O3. The molecule has 27 heavy (non-hydrogen) atoms. The molecule has 6 heteroatoms. The second-order valence-electron chi connectivity index (χ2n) is 8.79. The number of carbonyl (C=O) groups is 1. The highest BCUT2D eigenvalue weighted by Gasteiger charge is 2.34. The van der Waals surface area contributed by atoms with Gasteiger partial charge in [-0.05, 0) is 35.4 Å². The molecule has 0 spiro atoms. The molecule has 0 saturated carbocycles. The highest BCUT2D eigenvalue weighted by Crippen LogP contribution is 2.34. The zero-order valence-corrected chi connectivity index (χ0v) is 17.0. The zero-order valence-electron chi connectivity index (χ0n) is 17.0. The Labute approximate surface area is 162 Å². The highest BCUT2D eigenvalue weighted by atomic mass is 16.6. The Morgan fingerprint density at radius 1 is 1.30 bits per heavy atom. The van der Waals surface area contributed by atoms with Crippen LogP contribution < -0.4 is 20.5 Å². The number of hydrogen-bond acceptors (Lipinski definition) is 5. The molecule has 0 aromatic heterocycles. The minimum Gasteiger partial charge on any atom is -0.486 e. The molecule has 2 aliphatic heterocycles. The van der Waals surface area contributed by atoms with E-state index in [1.165, 1.54) is 0 Å². The number of likely N-dealkylation sites (tertiary alicyclic amines) is 1. The van der Waals surface area contributed by atoms with Crippen molar-refractivity contribution in [3.8, 4) is 11.5 Å². The molecule has 1 aromatic rings. The number of fused-ring (bicyclic) bond motifs is 1. The van der Waals surface area contributed by atoms with Crippen molar-refractivity contribution in [2.24, 2.45) is 17.1 Å². The molecule has 1 fully saturated rings. The van der Waals surface area contributed by atoms with Gasteiger partial charge in [-0.2, -0.15) is 0 Å². The number of nitrogens with one attached hydrogen (secondary N) is 1. The number of amides is 1. The molecule has 2 heterocycles. The largest absolute Gasteiger partial charge is 0.486 e. The molecule has 0 radical (unpaired) electrons. The number of nitrogens with zero attached hydrogens (tertiary/aromatic N) is 1. The third kappa shape index (κ3) is 4.74. The standard InChI is InChI=1S/C21H33N3O3/c1-14(2)20(15-5-6-16-17(11-15)27-10-9-26-16)23-19(25)12-24-8-7-18(22)21(3,4)13-24/h5-6,11,14,18,20H,7-10,12-13,22H2,1-4H3,(H,23,25). The van der Waals surface area contributed by atoms with Crippen molar-refractivity contribution < 1.29 is 14.3 Å². The van der Waals surface area contributed by atoms with Crippen LogP contribution >= 0.6 is 0 Å². The summed E-state index contributed by atoms with van der Waals surface area (Å²) >= 11 is 0. The smallest absolute Gasteiger partial charge is 0.234 e. The summed E-state index contributed by atoms with van der Waals surface area (Å²) in [6.45, 7) is 11.8. The lowest BCUT2D eigenvalue weighted by molar-refractivity contribution is -0.124. The van der Waals surface area contributed by atoms with Crippen LogP contribution in [0.5, 0.6) is 11.5 Å². The van der Waals surface area contributed by atoms with Crippen molar-refractivity contribution in [1.82, 2.24) is 10.2 Å². The summed E-state index contributed by atoms with van der Waals surface area (Å²) in [4.78, 5) is 14.9. The molecule has 3 rings (SSSR count). The van der Waals surface area contributed by atoms with Gasteiger partial charge in [-0.3, -0.25) is 9.69 Å². The van der Waals surface area contributed by atoms with Crippen LogP contribution in [0.3, 0.4) is 0 Å². The zero-order chi connectivity index (χ0) is 19.6. The molecule has 0 bridgehead atoms. The number of nitrogens with two attached hydrogens (primary N) is 1. The van der Waals surface area contributed by atoms with Gasteiger partial charge in [0.25, 0.3) is 0 Å². The summed E-state index contributed by atoms with van der Waals surface area (Å²) in [6.07, 6.45) is 0.927. The summed E-state index contributed by atoms with van der Waals surface area (Å²) in [7, 11) is 0. The van der Waals surface area contributed by atoms with E-state index in [-0.39, 0.29) is 29.3 Å². The van der Waals surface area contributed by atoms with E-state index >= 15 is 0 Å². The first-order valence-corrected chi connectivity index (χ1v) is 9.93. The van der Waals surface area contributed by atoms with E-state index < -0.39 is 0 Å². The Bertz CT molecular complexity index is 675. The Morgan fingerprint density at radius 3 is 2.67 bits per heavy atom. The van der Waals surface area contributed by atoms with Crippen LogP contribution in [-0.4, -0.2) is 49.7 Å². The maximum absolute atomic E-state index is 12.7. The van der Waals surface area contributed by atoms with Gasteiger partial charge in [0.05, 0.1) is 12.6 Å². The fraction of sp³-hybridized carbons (Fsp3) is 0.667. The number of rotatable bonds is 5. The molecule has 2 aliphatic rings. The fourth-order valence-electron chi connectivity index (χ4n) is 3.93. The summed E-state index contributed by atoms with van der Waals surface area (Å²) < 4.78 is 11.3. The van der Waals surface area contributed by atoms with Crippen LogP contribution in [0.4, 0.5) is 0 Å². The number of ether oxygens (including phenoxy) is 2. The van der Waals surface area contributed by atoms with Gasteiger partial charge in [0.2, 0.25) is 5.91 Å². The Hall–Kier alpha value is -1.79. The Balaban J connectivity index is 1.65. The Kier molecular flexibility index (Phi) is 5.96. The van der Waals surface area contributed by atoms with Crippen molar-refractivity contribution >= 4 is 5.91 Å². The molecule has 1 saturated heterocycles. The van der Waals surface area contributed by atoms with Crippen molar-refractivity contribution in [2.45, 2.75) is 46.2 Å². The predicted octanol–water partition coefficient (Wildman–Crippen LogP) is 2.33. The third-order valence-corrected chi connectivity index (χ3v) is 5.67. The summed E-state index contributed by atoms with van der Waals surface area (Å²) in [5.74, 6) is 1.84. The van der Waals surface area contributed by atoms with E-state index in [1.807, 2.05) is 18.2 Å². The first-order chi connectivity index (χ1) is 12.8. The summed E-state index contributed by atoms with van der Waals surface area (Å²) in [5.41, 5.74) is 7.29. The van der Waals surface area contributed by atoms with Crippen LogP contribution in [0.2, 0.25) is 0 Å². The fourth-order valence-corrected chi connectivity index (χ4v) is 3.93. The normalized spacial score (nSPS) is 23.1. The number of piperidine rings is 1. The van der Waals surface area contributed by atoms with E-state index in [9.17, 15) is 4.79 Å². The lowest BCUT2D eigenvalue weighted by Gasteiger charge is -2.42. The van der Waals surface area contributed by atoms with Gasteiger partial charge in [0.15, 0.2) is 11.5 Å². The second-order valence-corrected chi connectivity index (χ2v) is 8.79. The Morgan fingerprint density at radius 2 is 2.00 bits per heavy atom. The number of carbonyl (C=O) groups excluding carboxylic acids is 1. The van der Waals surface area contributed by atoms with Crippen LogP contribution in [0.25, 0.3) is 0 Å². The third-order valence-electron chi connectivity index (χ3n) is 5.67. The monoisotopic (exact) mass is 375 g/mol. The van der Waals surface area contributed by atoms with Crippen molar-refractivity contribution in [1.29, 1.82) is 0 Å². The first-order valence-electron chi connectivity index (χ1n) is 9.93. The van der Waals surface area contributed by atoms with E-state index in [2.05, 4.69) is 37.9 Å². The van der Waals surface area contributed by atoms with Gasteiger partial charge < -0.3 is 20.5 Å². The van der Waals surface area contributed by atoms with E-state index in [0.29, 0.717) is 19.8 Å². The first kappa shape index (κ1) is 20.0. The van der Waals surface area contributed by atoms with E-state index in [0.717, 1.165) is 36.6 Å². The van der Waals surface area contributed by atoms with Crippen LogP contribution in [0.1, 0.15) is 45.7 Å². The average Bonchev–Trinajstić information content (AvgIpc) is 2.62. The van der Waals surface area contributed by atoms with E-state index in [4.69, 9.17) is 15.2 Å². The lowest BCUT2D eigenvalue weighted by atomic mass is 9.80. The maximum Gasteiger partial charge on any atom is 0.234 e. The topological polar surface area (TPSA) is 76.8 Å². The molecule has 1 aromatic carbocycles. The van der Waals surface area contributed by atoms with Crippen molar-refractivity contribution in [2.75, 3.05) is 32.8 Å². The highest BCUT2D eigenvalue weighted by molar-refractivity contribution is 5.78. The predicted molar refractivity (Wildman–Crippen MR) is 106 cm³/mol. The van der Waals surface area contributed by atoms with Crippen molar-refractivity contribution in [3.05, 3.63) is 23.8 Å². The SMILES string of the molecule is CC(C)C(NC(=O)CN1CCC(N)C(C)(C)C1)c1ccc2c(c1)OCCO2. The maximum atomic E-state index is 12.7. The summed E-state index contributed by atoms with van der Waals surface area (Å²) in [5, 5.41) is 3.22. The average molecular weight is 376 g/mol. The van der Waals surface area contributed by atoms with Crippen LogP contribution in [-0.2, 0) is 4.79 Å². The lowest BCUT2D eigenvalue weighted by Crippen LogP contribution is -2.54. The molecule has 6 nitrogen and oxygen atoms in total. The van der Waals surface area contributed by atoms with Gasteiger partial charge in [-0.25, -0.2) is 0 Å². The van der Waals surface area contributed by atoms with Gasteiger partial charge in [0, 0.05) is 19.1 Å². The van der Waals surface area contributed by atoms with Gasteiger partial charge >= 0.3 is 0 Å². The number of benzene rings is 1. The van der Waals surface area contributed by atoms with Gasteiger partial charge in [-0.15, -0.1) is 0 Å². The minimum absolute atomic E-state index is 0.0335. The van der Waals surface area contributed by atoms with Crippen LogP contribution in [0, 0.1) is 11.3 Å². The van der Waals surface area contributed by atoms with Crippen LogP contribution in [0.15, 0.2) is 18.2 Å². The van der Waals surface area contributed by atoms with Gasteiger partial charge in [0.1, 0.15) is 13.2 Å². The number of hydrogen-bond donors (Lipinski definition) is 2. The molecule has 150 valence electrons. The van der Waals surface area contributed by atoms with Gasteiger partial charge in [-0.1, -0.05) is 33.8 Å². The molecule has 2 atom stereocenters. The molecular weight excluding hydrogens is 342 g/mol. The quantitative estimate of drug-likeness (QED) is 0.826. The van der Waals surface area contributed by atoms with E-state index in [1.54, 1.807) is 0 Å². The second kappa shape index (κ2) is 8.07. The molecule has 1 amide bonds. The molecule has 3 N–H and O–H groups in total. The molecule has 0 aliphatic carbocycles. The minimum atomic E-state index is -0.0617.